The van der Waals surface area contributed by atoms with Gasteiger partial charge in [0.15, 0.2) is 0 Å². The van der Waals surface area contributed by atoms with E-state index in [9.17, 15) is 4.79 Å². The summed E-state index contributed by atoms with van der Waals surface area (Å²) >= 11 is 0. The summed E-state index contributed by atoms with van der Waals surface area (Å²) in [5, 5.41) is 0. The van der Waals surface area contributed by atoms with Crippen LogP contribution in [0.5, 0.6) is 0 Å². The number of ether oxygens (including phenoxy) is 1. The second kappa shape index (κ2) is 2.48. The number of carbonyl (C=O) groups is 1. The van der Waals surface area contributed by atoms with Crippen molar-refractivity contribution in [1.29, 1.82) is 0 Å². The molecule has 2 bridgehead atoms. The fraction of sp³-hybridized carbons (Fsp3) is 0.750. The highest BCUT2D eigenvalue weighted by atomic mass is 16.5. The molecule has 2 aliphatic heterocycles. The molecule has 2 fully saturated rings. The summed E-state index contributed by atoms with van der Waals surface area (Å²) < 4.78 is 5.75. The summed E-state index contributed by atoms with van der Waals surface area (Å²) in [6.07, 6.45) is 6.41. The Morgan fingerprint density at radius 1 is 1.36 bits per heavy atom. The lowest BCUT2D eigenvalue weighted by Crippen LogP contribution is -2.41. The zero-order valence-electron chi connectivity index (χ0n) is 8.69. The summed E-state index contributed by atoms with van der Waals surface area (Å²) in [6, 6.07) is 0. The first kappa shape index (κ1) is 8.66. The predicted octanol–water partition coefficient (Wildman–Crippen LogP) is 1.95. The molecule has 2 heteroatoms. The number of rotatable bonds is 0. The molecule has 0 radical (unpaired) electrons. The molecule has 1 saturated carbocycles. The first-order chi connectivity index (χ1) is 6.57. The molecule has 2 nitrogen and oxygen atoms in total. The summed E-state index contributed by atoms with van der Waals surface area (Å²) in [5.74, 6) is 1.06. The third-order valence-electron chi connectivity index (χ3n) is 3.85. The number of hydrogen-bond donors (Lipinski definition) is 0. The van der Waals surface area contributed by atoms with Crippen LogP contribution in [-0.2, 0) is 9.53 Å². The number of carbonyl (C=O) groups excluding carboxylic acids is 1. The minimum atomic E-state index is 0.105. The molecular weight excluding hydrogens is 176 g/mol. The third-order valence-corrected chi connectivity index (χ3v) is 3.85. The minimum absolute atomic E-state index is 0.105. The van der Waals surface area contributed by atoms with Crippen molar-refractivity contribution in [2.24, 2.45) is 17.3 Å². The Kier molecular flexibility index (Phi) is 1.54. The lowest BCUT2D eigenvalue weighted by Gasteiger charge is -2.38. The van der Waals surface area contributed by atoms with E-state index in [1.807, 2.05) is 0 Å². The minimum Gasteiger partial charge on any atom is -0.366 e. The highest BCUT2D eigenvalue weighted by Gasteiger charge is 2.53. The molecule has 0 aromatic carbocycles. The Bertz CT molecular complexity index is 316. The van der Waals surface area contributed by atoms with Gasteiger partial charge in [0.1, 0.15) is 5.78 Å². The predicted molar refractivity (Wildman–Crippen MR) is 52.8 cm³/mol. The molecule has 0 N–H and O–H groups in total. The van der Waals surface area contributed by atoms with E-state index < -0.39 is 0 Å². The van der Waals surface area contributed by atoms with E-state index in [1.165, 1.54) is 0 Å². The van der Waals surface area contributed by atoms with E-state index in [2.05, 4.69) is 26.0 Å². The van der Waals surface area contributed by atoms with Crippen molar-refractivity contribution in [3.05, 3.63) is 12.2 Å². The van der Waals surface area contributed by atoms with Gasteiger partial charge < -0.3 is 4.74 Å². The Hall–Kier alpha value is -0.630. The standard InChI is InChI=1S/C12H16O2/c1-12(2)5-7-9-3-4-10(14-9)11(7)8(13)6-12/h3-4,7,9-11H,5-6H2,1-2H3/t7-,9-,10+,11+/m1/s1. The fourth-order valence-electron chi connectivity index (χ4n) is 3.35. The average Bonchev–Trinajstić information content (AvgIpc) is 2.59. The number of hydrogen-bond acceptors (Lipinski definition) is 2. The van der Waals surface area contributed by atoms with Gasteiger partial charge in [0.25, 0.3) is 0 Å². The van der Waals surface area contributed by atoms with Crippen molar-refractivity contribution < 1.29 is 9.53 Å². The second-order valence-electron chi connectivity index (χ2n) is 5.65. The van der Waals surface area contributed by atoms with Gasteiger partial charge in [0.2, 0.25) is 0 Å². The number of ketones is 1. The van der Waals surface area contributed by atoms with Crippen LogP contribution in [-0.4, -0.2) is 18.0 Å². The molecule has 0 aromatic heterocycles. The lowest BCUT2D eigenvalue weighted by atomic mass is 9.63. The molecule has 2 heterocycles. The largest absolute Gasteiger partial charge is 0.366 e. The lowest BCUT2D eigenvalue weighted by molar-refractivity contribution is -0.130. The highest BCUT2D eigenvalue weighted by molar-refractivity contribution is 5.84. The maximum atomic E-state index is 12.0. The van der Waals surface area contributed by atoms with E-state index in [1.54, 1.807) is 0 Å². The Morgan fingerprint density at radius 2 is 2.07 bits per heavy atom. The van der Waals surface area contributed by atoms with Gasteiger partial charge in [-0.05, 0) is 11.8 Å². The number of fused-ring (bicyclic) bond motifs is 5. The average molecular weight is 192 g/mol. The van der Waals surface area contributed by atoms with Crippen molar-refractivity contribution in [2.75, 3.05) is 0 Å². The van der Waals surface area contributed by atoms with Crippen molar-refractivity contribution in [3.63, 3.8) is 0 Å². The van der Waals surface area contributed by atoms with Crippen LogP contribution in [0.3, 0.4) is 0 Å². The van der Waals surface area contributed by atoms with E-state index >= 15 is 0 Å². The summed E-state index contributed by atoms with van der Waals surface area (Å²) in [7, 11) is 0. The van der Waals surface area contributed by atoms with Crippen molar-refractivity contribution in [3.8, 4) is 0 Å². The highest BCUT2D eigenvalue weighted by Crippen LogP contribution is 2.50. The van der Waals surface area contributed by atoms with Crippen LogP contribution in [0.4, 0.5) is 0 Å². The molecule has 3 rings (SSSR count). The molecule has 0 amide bonds. The van der Waals surface area contributed by atoms with Crippen LogP contribution in [0.15, 0.2) is 12.2 Å². The zero-order chi connectivity index (χ0) is 9.92. The van der Waals surface area contributed by atoms with Gasteiger partial charge in [-0.15, -0.1) is 0 Å². The Balaban J connectivity index is 1.95. The maximum absolute atomic E-state index is 12.0. The number of Topliss-reactive ketones (excluding diaryl/α,β-unsaturated/α-hetero) is 1. The summed E-state index contributed by atoms with van der Waals surface area (Å²) in [5.41, 5.74) is 0.180. The topological polar surface area (TPSA) is 26.3 Å². The van der Waals surface area contributed by atoms with Gasteiger partial charge in [-0.25, -0.2) is 0 Å². The molecular formula is C12H16O2. The smallest absolute Gasteiger partial charge is 0.139 e. The van der Waals surface area contributed by atoms with E-state index in [0.29, 0.717) is 11.7 Å². The van der Waals surface area contributed by atoms with Gasteiger partial charge >= 0.3 is 0 Å². The molecule has 1 saturated heterocycles. The first-order valence-corrected chi connectivity index (χ1v) is 5.43. The van der Waals surface area contributed by atoms with Crippen LogP contribution in [0.1, 0.15) is 26.7 Å². The zero-order valence-corrected chi connectivity index (χ0v) is 8.69. The van der Waals surface area contributed by atoms with Crippen molar-refractivity contribution in [2.45, 2.75) is 38.9 Å². The summed E-state index contributed by atoms with van der Waals surface area (Å²) in [6.45, 7) is 4.38. The molecule has 76 valence electrons. The van der Waals surface area contributed by atoms with Gasteiger partial charge in [0, 0.05) is 12.3 Å². The van der Waals surface area contributed by atoms with E-state index in [-0.39, 0.29) is 23.5 Å². The molecule has 0 unspecified atom stereocenters. The van der Waals surface area contributed by atoms with E-state index in [0.717, 1.165) is 12.8 Å². The van der Waals surface area contributed by atoms with Crippen LogP contribution >= 0.6 is 0 Å². The molecule has 3 aliphatic rings. The van der Waals surface area contributed by atoms with Crippen LogP contribution in [0, 0.1) is 17.3 Å². The SMILES string of the molecule is CC1(C)CC(=O)[C@@H]2[C@H](C1)[C@H]1C=C[C@@H]2O1. The molecule has 1 aliphatic carbocycles. The van der Waals surface area contributed by atoms with Gasteiger partial charge in [-0.2, -0.15) is 0 Å². The van der Waals surface area contributed by atoms with Crippen LogP contribution < -0.4 is 0 Å². The van der Waals surface area contributed by atoms with Gasteiger partial charge in [0.05, 0.1) is 18.1 Å². The van der Waals surface area contributed by atoms with Gasteiger partial charge in [-0.3, -0.25) is 4.79 Å². The summed E-state index contributed by atoms with van der Waals surface area (Å²) in [4.78, 5) is 12.0. The van der Waals surface area contributed by atoms with Crippen molar-refractivity contribution >= 4 is 5.78 Å². The normalized spacial score (nSPS) is 48.3. The second-order valence-corrected chi connectivity index (χ2v) is 5.65. The third kappa shape index (κ3) is 1.04. The first-order valence-electron chi connectivity index (χ1n) is 5.43. The molecule has 4 atom stereocenters. The Morgan fingerprint density at radius 3 is 2.86 bits per heavy atom. The van der Waals surface area contributed by atoms with Crippen LogP contribution in [0.2, 0.25) is 0 Å². The molecule has 0 aromatic rings. The monoisotopic (exact) mass is 192 g/mol. The molecule has 14 heavy (non-hydrogen) atoms. The maximum Gasteiger partial charge on any atom is 0.139 e. The van der Waals surface area contributed by atoms with Crippen LogP contribution in [0.25, 0.3) is 0 Å². The molecule has 0 spiro atoms. The quantitative estimate of drug-likeness (QED) is 0.548. The van der Waals surface area contributed by atoms with E-state index in [4.69, 9.17) is 4.74 Å². The Labute approximate surface area is 84.3 Å². The van der Waals surface area contributed by atoms with Gasteiger partial charge in [-0.1, -0.05) is 26.0 Å². The fourth-order valence-corrected chi connectivity index (χ4v) is 3.35. The van der Waals surface area contributed by atoms with Crippen molar-refractivity contribution in [1.82, 2.24) is 0 Å².